The molecule has 11 nitrogen and oxygen atoms in total. The van der Waals surface area contributed by atoms with Crippen LogP contribution in [0.2, 0.25) is 0 Å². The number of nitrogens with two attached hydrogens (primary N) is 1. The predicted molar refractivity (Wildman–Crippen MR) is 109 cm³/mol. The zero-order valence-corrected chi connectivity index (χ0v) is 16.8. The molecule has 0 spiro atoms. The Morgan fingerprint density at radius 2 is 1.50 bits per heavy atom. The molecule has 0 aliphatic heterocycles. The number of hydrogen-bond acceptors (Lipinski definition) is 7. The average Bonchev–Trinajstić information content (AvgIpc) is 2.69. The molecule has 30 heavy (non-hydrogen) atoms. The Morgan fingerprint density at radius 1 is 0.900 bits per heavy atom. The number of amides is 3. The lowest BCUT2D eigenvalue weighted by molar-refractivity contribution is -0.141. The van der Waals surface area contributed by atoms with Crippen LogP contribution in [-0.4, -0.2) is 70.3 Å². The maximum Gasteiger partial charge on any atom is 0.322 e. The van der Waals surface area contributed by atoms with Crippen LogP contribution in [0.5, 0.6) is 0 Å². The van der Waals surface area contributed by atoms with Crippen LogP contribution in [0.25, 0.3) is 0 Å². The van der Waals surface area contributed by atoms with E-state index in [0.29, 0.717) is 0 Å². The molecule has 0 saturated heterocycles. The second kappa shape index (κ2) is 12.4. The fourth-order valence-electron chi connectivity index (χ4n) is 2.38. The summed E-state index contributed by atoms with van der Waals surface area (Å²) in [4.78, 5) is 58.4. The van der Waals surface area contributed by atoms with Gasteiger partial charge in [0.05, 0.1) is 12.5 Å². The molecule has 1 rings (SSSR count). The minimum atomic E-state index is -1.49. The van der Waals surface area contributed by atoms with Gasteiger partial charge in [0.1, 0.15) is 18.6 Å². The van der Waals surface area contributed by atoms with Gasteiger partial charge in [0.15, 0.2) is 0 Å². The number of thiol groups is 1. The number of benzene rings is 1. The van der Waals surface area contributed by atoms with Crippen molar-refractivity contribution < 1.29 is 34.2 Å². The van der Waals surface area contributed by atoms with Crippen LogP contribution in [0.3, 0.4) is 0 Å². The number of carbonyl (C=O) groups excluding carboxylic acids is 3. The maximum atomic E-state index is 12.4. The third kappa shape index (κ3) is 8.92. The van der Waals surface area contributed by atoms with E-state index in [-0.39, 0.29) is 12.2 Å². The quantitative estimate of drug-likeness (QED) is 0.184. The monoisotopic (exact) mass is 440 g/mol. The maximum absolute atomic E-state index is 12.4. The van der Waals surface area contributed by atoms with E-state index in [0.717, 1.165) is 5.56 Å². The lowest BCUT2D eigenvalue weighted by atomic mass is 10.1. The Kier molecular flexibility index (Phi) is 10.3. The van der Waals surface area contributed by atoms with Crippen molar-refractivity contribution in [3.8, 4) is 0 Å². The molecule has 0 fully saturated rings. The molecular formula is C18H24N4O7S. The summed E-state index contributed by atoms with van der Waals surface area (Å²) in [5, 5.41) is 24.2. The average molecular weight is 440 g/mol. The molecule has 164 valence electrons. The molecule has 3 amide bonds. The molecule has 0 bridgehead atoms. The van der Waals surface area contributed by atoms with E-state index >= 15 is 0 Å². The minimum absolute atomic E-state index is 0.172. The van der Waals surface area contributed by atoms with Gasteiger partial charge < -0.3 is 31.9 Å². The number of carbonyl (C=O) groups is 5. The Balaban J connectivity index is 2.77. The summed E-state index contributed by atoms with van der Waals surface area (Å²) in [6.07, 6.45) is -0.573. The van der Waals surface area contributed by atoms with Gasteiger partial charge in [-0.25, -0.2) is 0 Å². The third-order valence-corrected chi connectivity index (χ3v) is 4.24. The fourth-order valence-corrected chi connectivity index (χ4v) is 2.63. The van der Waals surface area contributed by atoms with Crippen molar-refractivity contribution in [1.82, 2.24) is 16.0 Å². The molecule has 7 N–H and O–H groups in total. The van der Waals surface area contributed by atoms with Crippen molar-refractivity contribution in [3.63, 3.8) is 0 Å². The number of nitrogens with one attached hydrogen (secondary N) is 3. The molecular weight excluding hydrogens is 416 g/mol. The molecule has 0 aliphatic carbocycles. The summed E-state index contributed by atoms with van der Waals surface area (Å²) in [7, 11) is 0. The SMILES string of the molecule is NC(Cc1ccccc1)C(=O)NC(CC(=O)O)C(=O)NC(CS)C(=O)NCC(=O)O. The van der Waals surface area contributed by atoms with Crippen molar-refractivity contribution in [3.05, 3.63) is 35.9 Å². The number of aliphatic carboxylic acids is 2. The Labute approximate surface area is 177 Å². The first-order valence-corrected chi connectivity index (χ1v) is 9.49. The summed E-state index contributed by atoms with van der Waals surface area (Å²) in [6, 6.07) is 5.12. The minimum Gasteiger partial charge on any atom is -0.481 e. The van der Waals surface area contributed by atoms with Crippen LogP contribution < -0.4 is 21.7 Å². The van der Waals surface area contributed by atoms with E-state index in [2.05, 4.69) is 28.6 Å². The van der Waals surface area contributed by atoms with Gasteiger partial charge >= 0.3 is 11.9 Å². The zero-order valence-electron chi connectivity index (χ0n) is 15.9. The van der Waals surface area contributed by atoms with E-state index in [1.807, 2.05) is 0 Å². The van der Waals surface area contributed by atoms with Crippen molar-refractivity contribution >= 4 is 42.3 Å². The van der Waals surface area contributed by atoms with E-state index in [1.165, 1.54) is 0 Å². The molecule has 1 aromatic rings. The van der Waals surface area contributed by atoms with Crippen LogP contribution in [0.1, 0.15) is 12.0 Å². The highest BCUT2D eigenvalue weighted by molar-refractivity contribution is 7.80. The largest absolute Gasteiger partial charge is 0.481 e. The third-order valence-electron chi connectivity index (χ3n) is 3.88. The van der Waals surface area contributed by atoms with Crippen LogP contribution in [0, 0.1) is 0 Å². The molecule has 0 radical (unpaired) electrons. The summed E-state index contributed by atoms with van der Waals surface area (Å²) in [5.41, 5.74) is 6.63. The molecule has 12 heteroatoms. The molecule has 0 saturated carbocycles. The van der Waals surface area contributed by atoms with E-state index in [4.69, 9.17) is 15.9 Å². The lowest BCUT2D eigenvalue weighted by Gasteiger charge is -2.22. The van der Waals surface area contributed by atoms with Crippen LogP contribution in [0.4, 0.5) is 0 Å². The Hall–Kier alpha value is -3.12. The molecule has 0 aliphatic rings. The van der Waals surface area contributed by atoms with Crippen molar-refractivity contribution in [2.75, 3.05) is 12.3 Å². The standard InChI is InChI=1S/C18H24N4O7S/c19-11(6-10-4-2-1-3-5-10)16(27)21-12(7-14(23)24)18(29)22-13(9-30)17(28)20-8-15(25)26/h1-5,11-13,30H,6-9,19H2,(H,20,28)(H,21,27)(H,22,29)(H,23,24)(H,25,26). The smallest absolute Gasteiger partial charge is 0.322 e. The molecule has 3 atom stereocenters. The normalized spacial score (nSPS) is 13.4. The number of carboxylic acids is 2. The fraction of sp³-hybridized carbons (Fsp3) is 0.389. The second-order valence-electron chi connectivity index (χ2n) is 6.31. The van der Waals surface area contributed by atoms with E-state index in [9.17, 15) is 24.0 Å². The van der Waals surface area contributed by atoms with Crippen LogP contribution in [0.15, 0.2) is 30.3 Å². The summed E-state index contributed by atoms with van der Waals surface area (Å²) < 4.78 is 0. The highest BCUT2D eigenvalue weighted by atomic mass is 32.1. The van der Waals surface area contributed by atoms with Gasteiger partial charge in [0, 0.05) is 5.75 Å². The summed E-state index contributed by atoms with van der Waals surface area (Å²) >= 11 is 3.92. The van der Waals surface area contributed by atoms with Gasteiger partial charge in [-0.15, -0.1) is 0 Å². The van der Waals surface area contributed by atoms with Crippen molar-refractivity contribution in [2.45, 2.75) is 31.0 Å². The first-order chi connectivity index (χ1) is 14.1. The topological polar surface area (TPSA) is 188 Å². The van der Waals surface area contributed by atoms with Gasteiger partial charge in [-0.2, -0.15) is 12.6 Å². The molecule has 0 heterocycles. The predicted octanol–water partition coefficient (Wildman–Crippen LogP) is -1.87. The Bertz CT molecular complexity index is 775. The molecule has 0 aromatic heterocycles. The van der Waals surface area contributed by atoms with Gasteiger partial charge in [0.25, 0.3) is 0 Å². The zero-order chi connectivity index (χ0) is 22.7. The first-order valence-electron chi connectivity index (χ1n) is 8.86. The first kappa shape index (κ1) is 24.9. The van der Waals surface area contributed by atoms with Gasteiger partial charge in [-0.1, -0.05) is 30.3 Å². The molecule has 3 unspecified atom stereocenters. The van der Waals surface area contributed by atoms with Gasteiger partial charge in [0.2, 0.25) is 17.7 Å². The number of hydrogen-bond donors (Lipinski definition) is 7. The second-order valence-corrected chi connectivity index (χ2v) is 6.68. The molecule has 1 aromatic carbocycles. The van der Waals surface area contributed by atoms with Crippen molar-refractivity contribution in [1.29, 1.82) is 0 Å². The summed E-state index contributed by atoms with van der Waals surface area (Å²) in [5.74, 6) is -5.32. The number of rotatable bonds is 12. The van der Waals surface area contributed by atoms with Crippen LogP contribution >= 0.6 is 12.6 Å². The van der Waals surface area contributed by atoms with Crippen molar-refractivity contribution in [2.24, 2.45) is 5.73 Å². The lowest BCUT2D eigenvalue weighted by Crippen LogP contribution is -2.57. The highest BCUT2D eigenvalue weighted by Gasteiger charge is 2.29. The van der Waals surface area contributed by atoms with Gasteiger partial charge in [-0.05, 0) is 12.0 Å². The highest BCUT2D eigenvalue weighted by Crippen LogP contribution is 2.03. The van der Waals surface area contributed by atoms with E-state index in [1.54, 1.807) is 30.3 Å². The Morgan fingerprint density at radius 3 is 2.03 bits per heavy atom. The summed E-state index contributed by atoms with van der Waals surface area (Å²) in [6.45, 7) is -0.664. The van der Waals surface area contributed by atoms with Crippen LogP contribution in [-0.2, 0) is 30.4 Å². The number of carboxylic acid groups (broad SMARTS) is 2. The van der Waals surface area contributed by atoms with E-state index < -0.39 is 60.8 Å². The van der Waals surface area contributed by atoms with Gasteiger partial charge in [-0.3, -0.25) is 24.0 Å².